The quantitative estimate of drug-likeness (QED) is 0.530. The Balaban J connectivity index is 2.11. The van der Waals surface area contributed by atoms with Crippen LogP contribution in [0.3, 0.4) is 0 Å². The molecule has 2 nitrogen and oxygen atoms in total. The van der Waals surface area contributed by atoms with E-state index >= 15 is 0 Å². The zero-order valence-electron chi connectivity index (χ0n) is 12.4. The van der Waals surface area contributed by atoms with Crippen molar-refractivity contribution in [2.45, 2.75) is 83.2 Å². The number of fused-ring (bicyclic) bond motifs is 3. The van der Waals surface area contributed by atoms with Crippen molar-refractivity contribution in [2.75, 3.05) is 0 Å². The zero-order chi connectivity index (χ0) is 13.7. The minimum Gasteiger partial charge on any atom is -0.456 e. The molecule has 0 amide bonds. The second-order valence-corrected chi connectivity index (χ2v) is 6.60. The van der Waals surface area contributed by atoms with Crippen LogP contribution in [0, 0.1) is 5.92 Å². The summed E-state index contributed by atoms with van der Waals surface area (Å²) in [5, 5.41) is 0. The normalized spacial score (nSPS) is 32.4. The molecule has 2 bridgehead atoms. The maximum absolute atomic E-state index is 12.0. The molecule has 0 heterocycles. The van der Waals surface area contributed by atoms with Gasteiger partial charge in [0.2, 0.25) is 0 Å². The Morgan fingerprint density at radius 3 is 2.32 bits per heavy atom. The summed E-state index contributed by atoms with van der Waals surface area (Å²) < 4.78 is 5.92. The molecule has 0 spiro atoms. The second kappa shape index (κ2) is 6.58. The highest BCUT2D eigenvalue weighted by molar-refractivity contribution is 5.87. The summed E-state index contributed by atoms with van der Waals surface area (Å²) in [6.45, 7) is 5.48. The fourth-order valence-corrected chi connectivity index (χ4v) is 3.65. The molecule has 2 fully saturated rings. The summed E-state index contributed by atoms with van der Waals surface area (Å²) in [6.07, 6.45) is 13.5. The lowest BCUT2D eigenvalue weighted by molar-refractivity contribution is -0.158. The Kier molecular flexibility index (Phi) is 5.06. The Hall–Kier alpha value is -0.790. The molecule has 0 radical (unpaired) electrons. The van der Waals surface area contributed by atoms with Crippen LogP contribution in [0.15, 0.2) is 12.2 Å². The molecule has 2 atom stereocenters. The first-order chi connectivity index (χ1) is 9.11. The van der Waals surface area contributed by atoms with Crippen molar-refractivity contribution in [1.29, 1.82) is 0 Å². The topological polar surface area (TPSA) is 26.3 Å². The SMILES string of the molecule is C=C(C)C(=O)OC12CCCCCC(CCCC1)CC2. The van der Waals surface area contributed by atoms with Crippen LogP contribution >= 0.6 is 0 Å². The number of carbonyl (C=O) groups excluding carboxylic acids is 1. The molecular formula is C17H28O2. The number of esters is 1. The van der Waals surface area contributed by atoms with Crippen molar-refractivity contribution in [1.82, 2.24) is 0 Å². The predicted molar refractivity (Wildman–Crippen MR) is 77.9 cm³/mol. The summed E-state index contributed by atoms with van der Waals surface area (Å²) in [5.74, 6) is 0.678. The molecule has 0 aromatic heterocycles. The Labute approximate surface area is 117 Å². The van der Waals surface area contributed by atoms with Crippen LogP contribution in [0.4, 0.5) is 0 Å². The summed E-state index contributed by atoms with van der Waals surface area (Å²) >= 11 is 0. The van der Waals surface area contributed by atoms with E-state index in [1.54, 1.807) is 6.92 Å². The van der Waals surface area contributed by atoms with Crippen molar-refractivity contribution >= 4 is 5.97 Å². The van der Waals surface area contributed by atoms with Gasteiger partial charge in [0.15, 0.2) is 0 Å². The lowest BCUT2D eigenvalue weighted by Gasteiger charge is -2.36. The molecule has 108 valence electrons. The van der Waals surface area contributed by atoms with Crippen LogP contribution in [-0.4, -0.2) is 11.6 Å². The average molecular weight is 264 g/mol. The molecule has 2 heteroatoms. The van der Waals surface area contributed by atoms with E-state index in [-0.39, 0.29) is 11.6 Å². The van der Waals surface area contributed by atoms with Gasteiger partial charge in [0.1, 0.15) is 5.60 Å². The van der Waals surface area contributed by atoms with Gasteiger partial charge < -0.3 is 4.74 Å². The molecule has 2 aliphatic rings. The van der Waals surface area contributed by atoms with Gasteiger partial charge in [0.05, 0.1) is 0 Å². The van der Waals surface area contributed by atoms with Gasteiger partial charge in [-0.3, -0.25) is 0 Å². The molecule has 0 aromatic carbocycles. The first kappa shape index (κ1) is 14.6. The van der Waals surface area contributed by atoms with Crippen LogP contribution in [-0.2, 0) is 9.53 Å². The summed E-state index contributed by atoms with van der Waals surface area (Å²) in [7, 11) is 0. The Bertz CT molecular complexity index is 334. The highest BCUT2D eigenvalue weighted by Crippen LogP contribution is 2.39. The van der Waals surface area contributed by atoms with Gasteiger partial charge in [0, 0.05) is 5.57 Å². The van der Waals surface area contributed by atoms with Gasteiger partial charge in [0.25, 0.3) is 0 Å². The van der Waals surface area contributed by atoms with Crippen molar-refractivity contribution in [3.63, 3.8) is 0 Å². The number of rotatable bonds is 2. The molecule has 0 aromatic rings. The lowest BCUT2D eigenvalue weighted by Crippen LogP contribution is -2.36. The largest absolute Gasteiger partial charge is 0.456 e. The first-order valence-corrected chi connectivity index (χ1v) is 8.00. The van der Waals surface area contributed by atoms with Crippen molar-refractivity contribution < 1.29 is 9.53 Å². The minimum absolute atomic E-state index is 0.182. The minimum atomic E-state index is -0.184. The van der Waals surface area contributed by atoms with Gasteiger partial charge >= 0.3 is 5.97 Å². The summed E-state index contributed by atoms with van der Waals surface area (Å²) in [6, 6.07) is 0. The second-order valence-electron chi connectivity index (χ2n) is 6.60. The maximum Gasteiger partial charge on any atom is 0.333 e. The van der Waals surface area contributed by atoms with Crippen LogP contribution < -0.4 is 0 Å². The highest BCUT2D eigenvalue weighted by atomic mass is 16.6. The molecule has 2 rings (SSSR count). The van der Waals surface area contributed by atoms with Gasteiger partial charge in [-0.05, 0) is 51.4 Å². The van der Waals surface area contributed by atoms with E-state index in [9.17, 15) is 4.79 Å². The third-order valence-corrected chi connectivity index (χ3v) is 4.91. The van der Waals surface area contributed by atoms with E-state index < -0.39 is 0 Å². The standard InChI is InChI=1S/C17H28O2/c1-14(2)16(18)19-17-11-6-3-4-8-15(10-13-17)9-5-7-12-17/h15H,1,3-13H2,2H3. The number of hydrogen-bond donors (Lipinski definition) is 0. The van der Waals surface area contributed by atoms with Gasteiger partial charge in [-0.15, -0.1) is 0 Å². The van der Waals surface area contributed by atoms with E-state index in [1.807, 2.05) is 0 Å². The third-order valence-electron chi connectivity index (χ3n) is 4.91. The van der Waals surface area contributed by atoms with Crippen LogP contribution in [0.2, 0.25) is 0 Å². The molecule has 0 saturated heterocycles. The number of carbonyl (C=O) groups is 1. The first-order valence-electron chi connectivity index (χ1n) is 8.00. The Morgan fingerprint density at radius 2 is 1.63 bits per heavy atom. The molecule has 0 N–H and O–H groups in total. The van der Waals surface area contributed by atoms with Crippen molar-refractivity contribution in [3.05, 3.63) is 12.2 Å². The maximum atomic E-state index is 12.0. The van der Waals surface area contributed by atoms with Crippen molar-refractivity contribution in [3.8, 4) is 0 Å². The average Bonchev–Trinajstić information content (AvgIpc) is 2.41. The third kappa shape index (κ3) is 4.09. The molecule has 0 aliphatic heterocycles. The molecule has 19 heavy (non-hydrogen) atoms. The van der Waals surface area contributed by atoms with Gasteiger partial charge in [-0.2, -0.15) is 0 Å². The highest BCUT2D eigenvalue weighted by Gasteiger charge is 2.36. The fraction of sp³-hybridized carbons (Fsp3) is 0.824. The van der Waals surface area contributed by atoms with E-state index in [1.165, 1.54) is 51.4 Å². The predicted octanol–water partition coefficient (Wildman–Crippen LogP) is 4.78. The van der Waals surface area contributed by atoms with Crippen LogP contribution in [0.25, 0.3) is 0 Å². The molecule has 2 saturated carbocycles. The van der Waals surface area contributed by atoms with Crippen LogP contribution in [0.1, 0.15) is 77.6 Å². The Morgan fingerprint density at radius 1 is 1.00 bits per heavy atom. The summed E-state index contributed by atoms with van der Waals surface area (Å²) in [4.78, 5) is 12.0. The van der Waals surface area contributed by atoms with E-state index in [0.29, 0.717) is 5.57 Å². The fourth-order valence-electron chi connectivity index (χ4n) is 3.65. The van der Waals surface area contributed by atoms with Crippen molar-refractivity contribution in [2.24, 2.45) is 5.92 Å². The molecule has 2 aliphatic carbocycles. The number of ether oxygens (including phenoxy) is 1. The smallest absolute Gasteiger partial charge is 0.333 e. The number of hydrogen-bond acceptors (Lipinski definition) is 2. The van der Waals surface area contributed by atoms with Crippen LogP contribution in [0.5, 0.6) is 0 Å². The molecular weight excluding hydrogens is 236 g/mol. The van der Waals surface area contributed by atoms with Gasteiger partial charge in [-0.25, -0.2) is 4.79 Å². The monoisotopic (exact) mass is 264 g/mol. The zero-order valence-corrected chi connectivity index (χ0v) is 12.4. The lowest BCUT2D eigenvalue weighted by atomic mass is 9.80. The van der Waals surface area contributed by atoms with Gasteiger partial charge in [-0.1, -0.05) is 38.7 Å². The summed E-state index contributed by atoms with van der Waals surface area (Å²) in [5.41, 5.74) is 0.354. The van der Waals surface area contributed by atoms with E-state index in [2.05, 4.69) is 6.58 Å². The van der Waals surface area contributed by atoms with E-state index in [4.69, 9.17) is 4.74 Å². The van der Waals surface area contributed by atoms with E-state index in [0.717, 1.165) is 25.2 Å². The molecule has 2 unspecified atom stereocenters.